The first-order valence-corrected chi connectivity index (χ1v) is 6.10. The summed E-state index contributed by atoms with van der Waals surface area (Å²) >= 11 is 2.89. The average Bonchev–Trinajstić information content (AvgIpc) is 2.40. The highest BCUT2D eigenvalue weighted by Crippen LogP contribution is 2.07. The smallest absolute Gasteiger partial charge is 0.353 e. The van der Waals surface area contributed by atoms with Gasteiger partial charge in [0.1, 0.15) is 10.2 Å². The molecule has 6 nitrogen and oxygen atoms in total. The lowest BCUT2D eigenvalue weighted by Gasteiger charge is -2.06. The maximum Gasteiger partial charge on any atom is 0.353 e. The lowest BCUT2D eigenvalue weighted by molar-refractivity contribution is 0.0688. The Kier molecular flexibility index (Phi) is 3.66. The summed E-state index contributed by atoms with van der Waals surface area (Å²) in [7, 11) is 0. The number of benzene rings is 1. The maximum absolute atomic E-state index is 12.0. The van der Waals surface area contributed by atoms with Crippen LogP contribution >= 0.6 is 15.9 Å². The second kappa shape index (κ2) is 5.23. The first kappa shape index (κ1) is 13.3. The van der Waals surface area contributed by atoms with Crippen molar-refractivity contribution in [2.24, 2.45) is 0 Å². The summed E-state index contributed by atoms with van der Waals surface area (Å²) in [6.07, 6.45) is 0. The minimum atomic E-state index is -1.37. The largest absolute Gasteiger partial charge is 0.477 e. The number of aromatic amines is 1. The number of aromatic nitrogens is 2. The molecule has 2 aromatic rings. The zero-order valence-corrected chi connectivity index (χ0v) is 11.2. The van der Waals surface area contributed by atoms with Crippen LogP contribution in [0.5, 0.6) is 0 Å². The molecule has 1 aromatic carbocycles. The van der Waals surface area contributed by atoms with E-state index in [2.05, 4.69) is 20.9 Å². The molecule has 1 aromatic heterocycles. The number of hydrogen-bond donors (Lipinski definition) is 2. The van der Waals surface area contributed by atoms with Gasteiger partial charge in [-0.05, 0) is 21.5 Å². The summed E-state index contributed by atoms with van der Waals surface area (Å²) < 4.78 is 0.766. The number of nitrogens with zero attached hydrogens (tertiary/aromatic N) is 1. The van der Waals surface area contributed by atoms with Crippen LogP contribution in [0.3, 0.4) is 0 Å². The molecule has 0 bridgehead atoms. The van der Waals surface area contributed by atoms with E-state index >= 15 is 0 Å². The molecule has 0 aliphatic heterocycles. The van der Waals surface area contributed by atoms with Crippen molar-refractivity contribution in [2.45, 2.75) is 6.54 Å². The zero-order chi connectivity index (χ0) is 14.0. The van der Waals surface area contributed by atoms with Crippen molar-refractivity contribution in [3.8, 4) is 0 Å². The van der Waals surface area contributed by atoms with E-state index in [9.17, 15) is 14.4 Å². The van der Waals surface area contributed by atoms with Crippen molar-refractivity contribution in [2.75, 3.05) is 0 Å². The molecule has 7 heteroatoms. The monoisotopic (exact) mass is 324 g/mol. The fraction of sp³-hybridized carbons (Fsp3) is 0.0833. The van der Waals surface area contributed by atoms with Crippen molar-refractivity contribution in [1.29, 1.82) is 0 Å². The Labute approximate surface area is 115 Å². The van der Waals surface area contributed by atoms with Gasteiger partial charge in [-0.2, -0.15) is 0 Å². The van der Waals surface area contributed by atoms with Crippen molar-refractivity contribution in [3.05, 3.63) is 66.9 Å². The van der Waals surface area contributed by atoms with Gasteiger partial charge in [0.25, 0.3) is 5.56 Å². The lowest BCUT2D eigenvalue weighted by Crippen LogP contribution is -2.38. The molecule has 19 heavy (non-hydrogen) atoms. The molecule has 2 N–H and O–H groups in total. The molecule has 0 fully saturated rings. The Morgan fingerprint density at radius 3 is 2.47 bits per heavy atom. The molecule has 0 aliphatic rings. The Morgan fingerprint density at radius 2 is 1.89 bits per heavy atom. The van der Waals surface area contributed by atoms with Crippen LogP contribution in [0, 0.1) is 0 Å². The highest BCUT2D eigenvalue weighted by atomic mass is 79.9. The summed E-state index contributed by atoms with van der Waals surface area (Å²) in [5.41, 5.74) is -1.11. The van der Waals surface area contributed by atoms with Crippen LogP contribution in [-0.4, -0.2) is 20.6 Å². The molecular formula is C12H9BrN2O4. The molecule has 0 saturated carbocycles. The number of rotatable bonds is 3. The van der Waals surface area contributed by atoms with Crippen LogP contribution in [0.25, 0.3) is 0 Å². The van der Waals surface area contributed by atoms with Gasteiger partial charge in [0.05, 0.1) is 6.54 Å². The summed E-state index contributed by atoms with van der Waals surface area (Å²) in [6, 6.07) is 8.93. The SMILES string of the molecule is O=C(O)c1[nH]c(=O)n(Cc2ccccc2)c(=O)c1Br. The molecule has 98 valence electrons. The predicted octanol–water partition coefficient (Wildman–Crippen LogP) is 1.05. The Bertz CT molecular complexity index is 734. The van der Waals surface area contributed by atoms with E-state index in [-0.39, 0.29) is 11.0 Å². The topological polar surface area (TPSA) is 92.2 Å². The number of carboxylic acid groups (broad SMARTS) is 1. The zero-order valence-electron chi connectivity index (χ0n) is 9.59. The summed E-state index contributed by atoms with van der Waals surface area (Å²) in [5, 5.41) is 8.85. The third kappa shape index (κ3) is 2.65. The van der Waals surface area contributed by atoms with Gasteiger partial charge in [-0.15, -0.1) is 0 Å². The number of H-pyrrole nitrogens is 1. The normalized spacial score (nSPS) is 10.4. The van der Waals surface area contributed by atoms with Gasteiger partial charge >= 0.3 is 11.7 Å². The van der Waals surface area contributed by atoms with Gasteiger partial charge in [0, 0.05) is 0 Å². The van der Waals surface area contributed by atoms with Crippen LogP contribution in [0.15, 0.2) is 44.4 Å². The van der Waals surface area contributed by atoms with E-state index in [4.69, 9.17) is 5.11 Å². The van der Waals surface area contributed by atoms with Crippen LogP contribution in [-0.2, 0) is 6.54 Å². The van der Waals surface area contributed by atoms with Gasteiger partial charge < -0.3 is 10.1 Å². The molecule has 0 radical (unpaired) electrons. The standard InChI is InChI=1S/C12H9BrN2O4/c13-8-9(11(17)18)14-12(19)15(10(8)16)6-7-4-2-1-3-5-7/h1-5H,6H2,(H,14,19)(H,17,18). The van der Waals surface area contributed by atoms with E-state index in [0.29, 0.717) is 0 Å². The van der Waals surface area contributed by atoms with Crippen LogP contribution in [0.1, 0.15) is 16.1 Å². The molecule has 2 rings (SSSR count). The number of nitrogens with one attached hydrogen (secondary N) is 1. The van der Waals surface area contributed by atoms with E-state index in [1.165, 1.54) is 0 Å². The second-order valence-corrected chi connectivity index (χ2v) is 4.59. The van der Waals surface area contributed by atoms with E-state index in [1.54, 1.807) is 24.3 Å². The van der Waals surface area contributed by atoms with Crippen molar-refractivity contribution >= 4 is 21.9 Å². The molecule has 1 heterocycles. The Hall–Kier alpha value is -2.15. The molecular weight excluding hydrogens is 316 g/mol. The van der Waals surface area contributed by atoms with Crippen LogP contribution < -0.4 is 11.2 Å². The minimum Gasteiger partial charge on any atom is -0.477 e. The Morgan fingerprint density at radius 1 is 1.26 bits per heavy atom. The molecule has 0 aliphatic carbocycles. The van der Waals surface area contributed by atoms with Gasteiger partial charge in [-0.25, -0.2) is 9.59 Å². The average molecular weight is 325 g/mol. The fourth-order valence-electron chi connectivity index (χ4n) is 1.60. The van der Waals surface area contributed by atoms with Gasteiger partial charge in [-0.1, -0.05) is 30.3 Å². The molecule has 0 atom stereocenters. The fourth-order valence-corrected chi connectivity index (χ4v) is 2.09. The third-order valence-corrected chi connectivity index (χ3v) is 3.26. The van der Waals surface area contributed by atoms with Crippen molar-refractivity contribution < 1.29 is 9.90 Å². The Balaban J connectivity index is 2.55. The highest BCUT2D eigenvalue weighted by Gasteiger charge is 2.16. The quantitative estimate of drug-likeness (QED) is 0.882. The van der Waals surface area contributed by atoms with Crippen molar-refractivity contribution in [3.63, 3.8) is 0 Å². The summed E-state index contributed by atoms with van der Waals surface area (Å²) in [4.78, 5) is 36.7. The number of carboxylic acids is 1. The van der Waals surface area contributed by atoms with Gasteiger partial charge in [-0.3, -0.25) is 9.36 Å². The second-order valence-electron chi connectivity index (χ2n) is 3.80. The number of hydrogen-bond acceptors (Lipinski definition) is 3. The highest BCUT2D eigenvalue weighted by molar-refractivity contribution is 9.10. The molecule has 0 spiro atoms. The van der Waals surface area contributed by atoms with Gasteiger partial charge in [0.15, 0.2) is 0 Å². The number of halogens is 1. The summed E-state index contributed by atoms with van der Waals surface area (Å²) in [5.74, 6) is -1.37. The van der Waals surface area contributed by atoms with E-state index in [1.807, 2.05) is 6.07 Å². The first-order chi connectivity index (χ1) is 9.00. The number of carbonyl (C=O) groups is 1. The van der Waals surface area contributed by atoms with Crippen LogP contribution in [0.2, 0.25) is 0 Å². The van der Waals surface area contributed by atoms with Crippen molar-refractivity contribution in [1.82, 2.24) is 9.55 Å². The predicted molar refractivity (Wildman–Crippen MR) is 71.5 cm³/mol. The lowest BCUT2D eigenvalue weighted by atomic mass is 10.2. The minimum absolute atomic E-state index is 0.0769. The van der Waals surface area contributed by atoms with Gasteiger partial charge in [0.2, 0.25) is 0 Å². The summed E-state index contributed by atoms with van der Waals surface area (Å²) in [6.45, 7) is 0.0769. The molecule has 0 unspecified atom stereocenters. The van der Waals surface area contributed by atoms with E-state index in [0.717, 1.165) is 10.1 Å². The van der Waals surface area contributed by atoms with Crippen LogP contribution in [0.4, 0.5) is 0 Å². The third-order valence-electron chi connectivity index (χ3n) is 2.53. The maximum atomic E-state index is 12.0. The first-order valence-electron chi connectivity index (χ1n) is 5.30. The molecule has 0 saturated heterocycles. The molecule has 0 amide bonds. The number of aromatic carboxylic acids is 1. The van der Waals surface area contributed by atoms with E-state index < -0.39 is 22.9 Å².